The third-order valence-electron chi connectivity index (χ3n) is 5.13. The Morgan fingerprint density at radius 2 is 1.90 bits per heavy atom. The molecule has 2 aliphatic heterocycles. The maximum Gasteiger partial charge on any atom is 0.227 e. The maximum absolute atomic E-state index is 12.6. The zero-order valence-corrected chi connectivity index (χ0v) is 12.9. The highest BCUT2D eigenvalue weighted by Gasteiger charge is 2.34. The highest BCUT2D eigenvalue weighted by atomic mass is 16.2. The Morgan fingerprint density at radius 1 is 1.19 bits per heavy atom. The Balaban J connectivity index is 1.50. The predicted octanol–water partition coefficient (Wildman–Crippen LogP) is 2.32. The van der Waals surface area contributed by atoms with Crippen molar-refractivity contribution in [2.75, 3.05) is 26.2 Å². The van der Waals surface area contributed by atoms with E-state index in [9.17, 15) is 4.79 Å². The molecule has 1 amide bonds. The van der Waals surface area contributed by atoms with Gasteiger partial charge in [-0.1, -0.05) is 37.3 Å². The molecule has 3 rings (SSSR count). The average molecular weight is 286 g/mol. The summed E-state index contributed by atoms with van der Waals surface area (Å²) < 4.78 is 0. The molecule has 1 N–H and O–H groups in total. The molecular weight excluding hydrogens is 260 g/mol. The molecule has 2 atom stereocenters. The van der Waals surface area contributed by atoms with E-state index in [2.05, 4.69) is 47.5 Å². The highest BCUT2D eigenvalue weighted by Crippen LogP contribution is 2.25. The fourth-order valence-corrected chi connectivity index (χ4v) is 3.68. The first-order chi connectivity index (χ1) is 10.2. The van der Waals surface area contributed by atoms with Crippen LogP contribution in [0.25, 0.3) is 0 Å². The Kier molecular flexibility index (Phi) is 4.59. The summed E-state index contributed by atoms with van der Waals surface area (Å²) in [5, 5.41) is 3.34. The van der Waals surface area contributed by atoms with E-state index in [4.69, 9.17) is 0 Å². The van der Waals surface area contributed by atoms with Gasteiger partial charge in [-0.3, -0.25) is 4.79 Å². The third kappa shape index (κ3) is 3.46. The molecule has 21 heavy (non-hydrogen) atoms. The molecule has 2 heterocycles. The molecule has 1 aromatic rings. The summed E-state index contributed by atoms with van der Waals surface area (Å²) in [5.74, 6) is 1.80. The zero-order chi connectivity index (χ0) is 14.7. The molecule has 0 aliphatic carbocycles. The Hall–Kier alpha value is -1.35. The Bertz CT molecular complexity index is 465. The molecule has 2 aliphatic rings. The number of carbonyl (C=O) groups excluding carboxylic acids is 1. The van der Waals surface area contributed by atoms with Crippen LogP contribution in [0.2, 0.25) is 0 Å². The average Bonchev–Trinajstić information content (AvgIpc) is 2.94. The molecule has 0 saturated carbocycles. The molecule has 3 heteroatoms. The topological polar surface area (TPSA) is 32.3 Å². The van der Waals surface area contributed by atoms with Crippen molar-refractivity contribution in [2.24, 2.45) is 17.8 Å². The van der Waals surface area contributed by atoms with Crippen LogP contribution < -0.4 is 5.32 Å². The maximum atomic E-state index is 12.6. The first-order valence-corrected chi connectivity index (χ1v) is 8.27. The van der Waals surface area contributed by atoms with Crippen LogP contribution in [-0.4, -0.2) is 37.0 Å². The summed E-state index contributed by atoms with van der Waals surface area (Å²) in [6.07, 6.45) is 3.45. The van der Waals surface area contributed by atoms with E-state index in [1.165, 1.54) is 5.56 Å². The van der Waals surface area contributed by atoms with E-state index in [-0.39, 0.29) is 5.92 Å². The molecule has 2 fully saturated rings. The zero-order valence-electron chi connectivity index (χ0n) is 12.9. The smallest absolute Gasteiger partial charge is 0.227 e. The molecule has 114 valence electrons. The van der Waals surface area contributed by atoms with E-state index < -0.39 is 0 Å². The number of nitrogens with zero attached hydrogens (tertiary/aromatic N) is 1. The van der Waals surface area contributed by atoms with Crippen molar-refractivity contribution >= 4 is 5.91 Å². The molecular formula is C18H26N2O. The number of nitrogens with one attached hydrogen (secondary N) is 1. The minimum Gasteiger partial charge on any atom is -0.342 e. The summed E-state index contributed by atoms with van der Waals surface area (Å²) in [7, 11) is 0. The quantitative estimate of drug-likeness (QED) is 0.925. The normalized spacial score (nSPS) is 27.0. The van der Waals surface area contributed by atoms with Gasteiger partial charge in [0, 0.05) is 19.6 Å². The van der Waals surface area contributed by atoms with Crippen molar-refractivity contribution in [3.8, 4) is 0 Å². The lowest BCUT2D eigenvalue weighted by atomic mass is 9.89. The summed E-state index contributed by atoms with van der Waals surface area (Å²) in [6, 6.07) is 10.7. The lowest BCUT2D eigenvalue weighted by Crippen LogP contribution is -2.43. The third-order valence-corrected chi connectivity index (χ3v) is 5.13. The summed E-state index contributed by atoms with van der Waals surface area (Å²) in [4.78, 5) is 14.7. The minimum atomic E-state index is 0.204. The van der Waals surface area contributed by atoms with Gasteiger partial charge in [0.1, 0.15) is 0 Å². The van der Waals surface area contributed by atoms with Crippen LogP contribution in [0.5, 0.6) is 0 Å². The number of likely N-dealkylation sites (tertiary alicyclic amines) is 1. The largest absolute Gasteiger partial charge is 0.342 e. The van der Waals surface area contributed by atoms with Gasteiger partial charge in [-0.05, 0) is 43.2 Å². The van der Waals surface area contributed by atoms with Crippen LogP contribution in [0.15, 0.2) is 30.3 Å². The van der Waals surface area contributed by atoms with Gasteiger partial charge < -0.3 is 10.2 Å². The van der Waals surface area contributed by atoms with Crippen LogP contribution in [0.4, 0.5) is 0 Å². The van der Waals surface area contributed by atoms with Crippen LogP contribution >= 0.6 is 0 Å². The number of benzene rings is 1. The van der Waals surface area contributed by atoms with Gasteiger partial charge in [0.2, 0.25) is 5.91 Å². The first kappa shape index (κ1) is 14.6. The van der Waals surface area contributed by atoms with Gasteiger partial charge in [0.15, 0.2) is 0 Å². The van der Waals surface area contributed by atoms with Crippen LogP contribution in [-0.2, 0) is 11.2 Å². The molecule has 3 nitrogen and oxygen atoms in total. The van der Waals surface area contributed by atoms with Crippen molar-refractivity contribution in [1.29, 1.82) is 0 Å². The molecule has 2 saturated heterocycles. The monoisotopic (exact) mass is 286 g/mol. The van der Waals surface area contributed by atoms with Gasteiger partial charge >= 0.3 is 0 Å². The van der Waals surface area contributed by atoms with Crippen molar-refractivity contribution in [1.82, 2.24) is 10.2 Å². The number of rotatable bonds is 3. The van der Waals surface area contributed by atoms with Crippen molar-refractivity contribution in [3.05, 3.63) is 35.9 Å². The van der Waals surface area contributed by atoms with Crippen molar-refractivity contribution in [2.45, 2.75) is 26.2 Å². The molecule has 0 bridgehead atoms. The van der Waals surface area contributed by atoms with Crippen LogP contribution in [0, 0.1) is 17.8 Å². The van der Waals surface area contributed by atoms with Crippen LogP contribution in [0.1, 0.15) is 25.3 Å². The first-order valence-electron chi connectivity index (χ1n) is 8.27. The number of amides is 1. The summed E-state index contributed by atoms with van der Waals surface area (Å²) >= 11 is 0. The number of piperidine rings is 1. The summed E-state index contributed by atoms with van der Waals surface area (Å²) in [6.45, 7) is 5.93. The number of hydrogen-bond donors (Lipinski definition) is 1. The number of carbonyl (C=O) groups is 1. The lowest BCUT2D eigenvalue weighted by molar-refractivity contribution is -0.137. The molecule has 0 aromatic heterocycles. The van der Waals surface area contributed by atoms with Gasteiger partial charge in [0.25, 0.3) is 0 Å². The second kappa shape index (κ2) is 6.61. The van der Waals surface area contributed by atoms with E-state index >= 15 is 0 Å². The van der Waals surface area contributed by atoms with Crippen molar-refractivity contribution < 1.29 is 4.79 Å². The standard InChI is InChI=1S/C18H26N2O/c1-14-12-19-13-17(14)18(21)20-9-7-16(8-10-20)11-15-5-3-2-4-6-15/h2-6,14,16-17,19H,7-13H2,1H3. The molecule has 2 unspecified atom stereocenters. The van der Waals surface area contributed by atoms with E-state index in [0.717, 1.165) is 51.4 Å². The second-order valence-electron chi connectivity index (χ2n) is 6.70. The SMILES string of the molecule is CC1CNCC1C(=O)N1CCC(Cc2ccccc2)CC1. The highest BCUT2D eigenvalue weighted by molar-refractivity contribution is 5.79. The Morgan fingerprint density at radius 3 is 2.52 bits per heavy atom. The van der Waals surface area contributed by atoms with Gasteiger partial charge in [0.05, 0.1) is 5.92 Å². The second-order valence-corrected chi connectivity index (χ2v) is 6.70. The molecule has 1 aromatic carbocycles. The van der Waals surface area contributed by atoms with Crippen molar-refractivity contribution in [3.63, 3.8) is 0 Å². The fraction of sp³-hybridized carbons (Fsp3) is 0.611. The molecule has 0 radical (unpaired) electrons. The minimum absolute atomic E-state index is 0.204. The summed E-state index contributed by atoms with van der Waals surface area (Å²) in [5.41, 5.74) is 1.43. The van der Waals surface area contributed by atoms with Gasteiger partial charge in [-0.15, -0.1) is 0 Å². The predicted molar refractivity (Wildman–Crippen MR) is 85.0 cm³/mol. The van der Waals surface area contributed by atoms with Gasteiger partial charge in [-0.25, -0.2) is 0 Å². The number of hydrogen-bond acceptors (Lipinski definition) is 2. The lowest BCUT2D eigenvalue weighted by Gasteiger charge is -2.34. The molecule has 0 spiro atoms. The van der Waals surface area contributed by atoms with E-state index in [1.807, 2.05) is 0 Å². The van der Waals surface area contributed by atoms with Crippen LogP contribution in [0.3, 0.4) is 0 Å². The van der Waals surface area contributed by atoms with E-state index in [0.29, 0.717) is 11.8 Å². The van der Waals surface area contributed by atoms with E-state index in [1.54, 1.807) is 0 Å². The Labute approximate surface area is 127 Å². The fourth-order valence-electron chi connectivity index (χ4n) is 3.68. The van der Waals surface area contributed by atoms with Gasteiger partial charge in [-0.2, -0.15) is 0 Å².